The summed E-state index contributed by atoms with van der Waals surface area (Å²) in [5.74, 6) is 0.0916. The molecular formula is C20H15BrClNO3. The van der Waals surface area contributed by atoms with Crippen molar-refractivity contribution in [2.75, 3.05) is 0 Å². The van der Waals surface area contributed by atoms with Crippen LogP contribution in [-0.2, 0) is 6.61 Å². The molecule has 3 aromatic rings. The van der Waals surface area contributed by atoms with E-state index in [1.165, 1.54) is 0 Å². The Balaban J connectivity index is 1.93. The van der Waals surface area contributed by atoms with Crippen LogP contribution in [0.5, 0.6) is 11.5 Å². The van der Waals surface area contributed by atoms with Crippen LogP contribution in [0.2, 0.25) is 5.15 Å². The van der Waals surface area contributed by atoms with Gasteiger partial charge in [0.1, 0.15) is 22.5 Å². The minimum absolute atomic E-state index is 0.0958. The Morgan fingerprint density at radius 3 is 2.35 bits per heavy atom. The zero-order valence-corrected chi connectivity index (χ0v) is 16.3. The maximum Gasteiger partial charge on any atom is 0.347 e. The number of carbonyl (C=O) groups excluding carboxylic acids is 1. The van der Waals surface area contributed by atoms with Gasteiger partial charge in [-0.15, -0.1) is 0 Å². The summed E-state index contributed by atoms with van der Waals surface area (Å²) in [7, 11) is 0. The topological polar surface area (TPSA) is 48.4 Å². The molecule has 0 bridgehead atoms. The quantitative estimate of drug-likeness (QED) is 0.299. The number of para-hydroxylation sites is 1. The third-order valence-electron chi connectivity index (χ3n) is 3.68. The molecule has 4 nitrogen and oxygen atoms in total. The number of rotatable bonds is 5. The maximum atomic E-state index is 12.8. The summed E-state index contributed by atoms with van der Waals surface area (Å²) in [4.78, 5) is 16.9. The second-order valence-electron chi connectivity index (χ2n) is 5.50. The van der Waals surface area contributed by atoms with Crippen molar-refractivity contribution in [3.05, 3.63) is 87.1 Å². The molecule has 3 rings (SSSR count). The molecular weight excluding hydrogens is 418 g/mol. The third kappa shape index (κ3) is 4.23. The summed E-state index contributed by atoms with van der Waals surface area (Å²) in [6.07, 6.45) is 0. The zero-order chi connectivity index (χ0) is 18.5. The molecule has 0 atom stereocenters. The van der Waals surface area contributed by atoms with E-state index in [2.05, 4.69) is 20.9 Å². The number of esters is 1. The number of ether oxygens (including phenoxy) is 2. The second kappa shape index (κ2) is 8.34. The molecule has 0 amide bonds. The van der Waals surface area contributed by atoms with E-state index in [9.17, 15) is 4.79 Å². The molecule has 0 aliphatic rings. The van der Waals surface area contributed by atoms with Crippen molar-refractivity contribution in [2.24, 2.45) is 0 Å². The molecule has 0 spiro atoms. The van der Waals surface area contributed by atoms with Crippen molar-refractivity contribution in [3.8, 4) is 11.5 Å². The average molecular weight is 433 g/mol. The predicted octanol–water partition coefficient (Wildman–Crippen LogP) is 5.60. The highest BCUT2D eigenvalue weighted by molar-refractivity contribution is 9.10. The lowest BCUT2D eigenvalue weighted by molar-refractivity contribution is 0.0728. The Morgan fingerprint density at radius 1 is 1.08 bits per heavy atom. The lowest BCUT2D eigenvalue weighted by Crippen LogP contribution is -2.14. The van der Waals surface area contributed by atoms with Crippen LogP contribution in [0.15, 0.2) is 65.3 Å². The molecule has 2 aromatic carbocycles. The van der Waals surface area contributed by atoms with Gasteiger partial charge in [-0.05, 0) is 40.5 Å². The summed E-state index contributed by atoms with van der Waals surface area (Å²) >= 11 is 9.57. The van der Waals surface area contributed by atoms with Crippen molar-refractivity contribution in [1.29, 1.82) is 0 Å². The van der Waals surface area contributed by atoms with Gasteiger partial charge in [0.05, 0.1) is 0 Å². The van der Waals surface area contributed by atoms with Crippen LogP contribution in [0.4, 0.5) is 0 Å². The number of nitrogens with zero attached hydrogens (tertiary/aromatic N) is 1. The first-order valence-electron chi connectivity index (χ1n) is 7.86. The van der Waals surface area contributed by atoms with Crippen LogP contribution in [0.25, 0.3) is 0 Å². The number of pyridine rings is 1. The van der Waals surface area contributed by atoms with E-state index in [-0.39, 0.29) is 23.1 Å². The Labute approximate surface area is 164 Å². The van der Waals surface area contributed by atoms with Gasteiger partial charge in [0, 0.05) is 5.56 Å². The Morgan fingerprint density at radius 2 is 1.69 bits per heavy atom. The summed E-state index contributed by atoms with van der Waals surface area (Å²) in [5.41, 5.74) is 1.79. The number of hydrogen-bond acceptors (Lipinski definition) is 4. The fourth-order valence-electron chi connectivity index (χ4n) is 2.35. The van der Waals surface area contributed by atoms with E-state index in [1.54, 1.807) is 31.2 Å². The summed E-state index contributed by atoms with van der Waals surface area (Å²) < 4.78 is 11.8. The minimum atomic E-state index is -0.554. The van der Waals surface area contributed by atoms with Crippen LogP contribution in [0.1, 0.15) is 21.5 Å². The van der Waals surface area contributed by atoms with E-state index in [0.717, 1.165) is 5.56 Å². The molecule has 6 heteroatoms. The summed E-state index contributed by atoms with van der Waals surface area (Å²) in [6, 6.07) is 18.4. The van der Waals surface area contributed by atoms with E-state index in [1.807, 2.05) is 36.4 Å². The van der Waals surface area contributed by atoms with E-state index < -0.39 is 5.97 Å². The van der Waals surface area contributed by atoms with Gasteiger partial charge < -0.3 is 9.47 Å². The molecule has 26 heavy (non-hydrogen) atoms. The van der Waals surface area contributed by atoms with Crippen LogP contribution in [0.3, 0.4) is 0 Å². The van der Waals surface area contributed by atoms with E-state index >= 15 is 0 Å². The molecule has 0 aliphatic carbocycles. The summed E-state index contributed by atoms with van der Waals surface area (Å²) in [6.45, 7) is 2.01. The minimum Gasteiger partial charge on any atom is -0.485 e. The van der Waals surface area contributed by atoms with Crippen molar-refractivity contribution in [2.45, 2.75) is 13.5 Å². The largest absolute Gasteiger partial charge is 0.485 e. The fourth-order valence-corrected chi connectivity index (χ4v) is 3.06. The van der Waals surface area contributed by atoms with Gasteiger partial charge in [-0.3, -0.25) is 0 Å². The lowest BCUT2D eigenvalue weighted by atomic mass is 10.1. The molecule has 0 aliphatic heterocycles. The molecule has 0 saturated heterocycles. The van der Waals surface area contributed by atoms with Gasteiger partial charge >= 0.3 is 5.97 Å². The van der Waals surface area contributed by atoms with Crippen molar-refractivity contribution >= 4 is 33.5 Å². The molecule has 1 heterocycles. The smallest absolute Gasteiger partial charge is 0.347 e. The van der Waals surface area contributed by atoms with Gasteiger partial charge in [0.15, 0.2) is 10.9 Å². The fraction of sp³-hybridized carbons (Fsp3) is 0.100. The number of halogens is 2. The Bertz CT molecular complexity index is 917. The molecule has 0 fully saturated rings. The SMILES string of the molecule is Cc1c(Br)nc(Cl)c(OCc2ccccc2)c1C(=O)Oc1ccccc1. The monoisotopic (exact) mass is 431 g/mol. The van der Waals surface area contributed by atoms with Crippen molar-refractivity contribution in [3.63, 3.8) is 0 Å². The van der Waals surface area contributed by atoms with Crippen LogP contribution >= 0.6 is 27.5 Å². The highest BCUT2D eigenvalue weighted by Crippen LogP contribution is 2.34. The number of hydrogen-bond donors (Lipinski definition) is 0. The molecule has 0 N–H and O–H groups in total. The predicted molar refractivity (Wildman–Crippen MR) is 104 cm³/mol. The van der Waals surface area contributed by atoms with Gasteiger partial charge in [0.25, 0.3) is 0 Å². The van der Waals surface area contributed by atoms with Crippen LogP contribution in [-0.4, -0.2) is 11.0 Å². The first-order chi connectivity index (χ1) is 12.6. The Kier molecular flexibility index (Phi) is 5.91. The first kappa shape index (κ1) is 18.4. The van der Waals surface area contributed by atoms with Crippen LogP contribution in [0, 0.1) is 6.92 Å². The zero-order valence-electron chi connectivity index (χ0n) is 13.9. The first-order valence-corrected chi connectivity index (χ1v) is 9.03. The normalized spacial score (nSPS) is 10.4. The van der Waals surface area contributed by atoms with Gasteiger partial charge in [-0.2, -0.15) is 0 Å². The van der Waals surface area contributed by atoms with Gasteiger partial charge in [-0.1, -0.05) is 60.1 Å². The lowest BCUT2D eigenvalue weighted by Gasteiger charge is -2.15. The van der Waals surface area contributed by atoms with Gasteiger partial charge in [0.2, 0.25) is 0 Å². The van der Waals surface area contributed by atoms with Crippen molar-refractivity contribution < 1.29 is 14.3 Å². The Hall–Kier alpha value is -2.37. The molecule has 1 aromatic heterocycles. The highest BCUT2D eigenvalue weighted by Gasteiger charge is 2.24. The number of benzene rings is 2. The molecule has 132 valence electrons. The molecule has 0 saturated carbocycles. The van der Waals surface area contributed by atoms with Crippen molar-refractivity contribution in [1.82, 2.24) is 4.98 Å². The van der Waals surface area contributed by atoms with E-state index in [0.29, 0.717) is 15.9 Å². The van der Waals surface area contributed by atoms with Gasteiger partial charge in [-0.25, -0.2) is 9.78 Å². The maximum absolute atomic E-state index is 12.8. The number of aromatic nitrogens is 1. The molecule has 0 unspecified atom stereocenters. The molecule has 0 radical (unpaired) electrons. The van der Waals surface area contributed by atoms with Crippen LogP contribution < -0.4 is 9.47 Å². The summed E-state index contributed by atoms with van der Waals surface area (Å²) in [5, 5.41) is 0.0958. The second-order valence-corrected chi connectivity index (χ2v) is 6.61. The number of carbonyl (C=O) groups is 1. The highest BCUT2D eigenvalue weighted by atomic mass is 79.9. The average Bonchev–Trinajstić information content (AvgIpc) is 2.65. The van der Waals surface area contributed by atoms with E-state index in [4.69, 9.17) is 21.1 Å². The standard InChI is InChI=1S/C20H15BrClNO3/c1-13-16(20(24)26-15-10-6-3-7-11-15)17(19(22)23-18(13)21)25-12-14-8-4-2-5-9-14/h2-11H,12H2,1H3. The third-order valence-corrected chi connectivity index (χ3v) is 4.71.